The maximum atomic E-state index is 2.48. The van der Waals surface area contributed by atoms with Gasteiger partial charge in [0.15, 0.2) is 0 Å². The number of fused-ring (bicyclic) bond motifs is 5. The number of nitrogens with zero attached hydrogens (tertiary/aromatic N) is 2. The number of aryl methyl sites for hydroxylation is 1. The second-order valence-corrected chi connectivity index (χ2v) is 6.63. The van der Waals surface area contributed by atoms with Crippen LogP contribution in [0.5, 0.6) is 0 Å². The van der Waals surface area contributed by atoms with Crippen LogP contribution in [0.1, 0.15) is 36.6 Å². The topological polar surface area (TPSA) is 4.93 Å². The SMILES string of the molecule is Cn1c2c(c3ccccc31)CC[N+]1(C)CCCCC21.[I-]. The van der Waals surface area contributed by atoms with E-state index in [1.807, 2.05) is 0 Å². The Hall–Kier alpha value is -0.550. The first kappa shape index (κ1) is 14.4. The molecule has 0 radical (unpaired) electrons. The van der Waals surface area contributed by atoms with Crippen molar-refractivity contribution in [3.63, 3.8) is 0 Å². The number of para-hydroxylation sites is 1. The summed E-state index contributed by atoms with van der Waals surface area (Å²) in [6.07, 6.45) is 5.43. The summed E-state index contributed by atoms with van der Waals surface area (Å²) in [4.78, 5) is 0. The van der Waals surface area contributed by atoms with Crippen molar-refractivity contribution in [2.24, 2.45) is 7.05 Å². The molecular formula is C17H23IN2. The largest absolute Gasteiger partial charge is 1.00 e. The minimum atomic E-state index is 0. The Morgan fingerprint density at radius 3 is 2.80 bits per heavy atom. The Bertz CT molecular complexity index is 646. The van der Waals surface area contributed by atoms with Gasteiger partial charge in [-0.25, -0.2) is 0 Å². The minimum Gasteiger partial charge on any atom is -1.00 e. The second-order valence-electron chi connectivity index (χ2n) is 6.63. The predicted octanol–water partition coefficient (Wildman–Crippen LogP) is 0.410. The van der Waals surface area contributed by atoms with Gasteiger partial charge in [0.2, 0.25) is 0 Å². The Morgan fingerprint density at radius 2 is 1.95 bits per heavy atom. The summed E-state index contributed by atoms with van der Waals surface area (Å²) in [5, 5.41) is 1.50. The van der Waals surface area contributed by atoms with Gasteiger partial charge in [-0.1, -0.05) is 18.2 Å². The first-order valence-electron chi connectivity index (χ1n) is 7.61. The lowest BCUT2D eigenvalue weighted by molar-refractivity contribution is -0.946. The molecule has 1 aromatic heterocycles. The molecule has 2 atom stereocenters. The van der Waals surface area contributed by atoms with E-state index < -0.39 is 0 Å². The Labute approximate surface area is 138 Å². The predicted molar refractivity (Wildman–Crippen MR) is 79.1 cm³/mol. The van der Waals surface area contributed by atoms with Crippen LogP contribution in [-0.2, 0) is 13.5 Å². The average Bonchev–Trinajstić information content (AvgIpc) is 2.72. The highest BCUT2D eigenvalue weighted by molar-refractivity contribution is 5.85. The van der Waals surface area contributed by atoms with Crippen LogP contribution in [-0.4, -0.2) is 29.2 Å². The molecule has 2 aliphatic rings. The van der Waals surface area contributed by atoms with Crippen molar-refractivity contribution < 1.29 is 28.5 Å². The molecule has 0 amide bonds. The van der Waals surface area contributed by atoms with Crippen molar-refractivity contribution in [2.75, 3.05) is 20.1 Å². The molecule has 0 saturated carbocycles. The summed E-state index contributed by atoms with van der Waals surface area (Å²) in [6.45, 7) is 2.69. The molecule has 2 unspecified atom stereocenters. The molecule has 1 fully saturated rings. The van der Waals surface area contributed by atoms with Crippen LogP contribution in [0.15, 0.2) is 24.3 Å². The summed E-state index contributed by atoms with van der Waals surface area (Å²) in [7, 11) is 4.75. The van der Waals surface area contributed by atoms with Crippen LogP contribution < -0.4 is 24.0 Å². The van der Waals surface area contributed by atoms with Crippen LogP contribution >= 0.6 is 0 Å². The number of aromatic nitrogens is 1. The summed E-state index contributed by atoms with van der Waals surface area (Å²) in [6, 6.07) is 9.68. The van der Waals surface area contributed by atoms with E-state index in [2.05, 4.69) is 42.9 Å². The van der Waals surface area contributed by atoms with Gasteiger partial charge in [0, 0.05) is 30.8 Å². The number of benzene rings is 1. The van der Waals surface area contributed by atoms with Crippen molar-refractivity contribution in [3.05, 3.63) is 35.5 Å². The zero-order valence-corrected chi connectivity index (χ0v) is 14.6. The molecule has 3 heterocycles. The third-order valence-corrected chi connectivity index (χ3v) is 5.60. The van der Waals surface area contributed by atoms with E-state index in [1.165, 1.54) is 54.2 Å². The molecule has 4 rings (SSSR count). The van der Waals surface area contributed by atoms with Crippen LogP contribution in [0, 0.1) is 0 Å². The Balaban J connectivity index is 0.00000121. The summed E-state index contributed by atoms with van der Waals surface area (Å²) < 4.78 is 3.76. The van der Waals surface area contributed by atoms with Gasteiger partial charge < -0.3 is 33.0 Å². The molecular weight excluding hydrogens is 359 g/mol. The molecule has 2 aromatic rings. The Kier molecular flexibility index (Phi) is 3.61. The number of hydrogen-bond acceptors (Lipinski definition) is 0. The highest BCUT2D eigenvalue weighted by atomic mass is 127. The number of likely N-dealkylation sites (N-methyl/N-ethyl adjacent to an activating group) is 1. The van der Waals surface area contributed by atoms with Crippen LogP contribution in [0.25, 0.3) is 10.9 Å². The molecule has 0 spiro atoms. The van der Waals surface area contributed by atoms with Gasteiger partial charge in [0.25, 0.3) is 0 Å². The number of quaternary nitrogens is 1. The standard InChI is InChI=1S/C17H23N2.HI/c1-18-15-8-4-3-7-13(15)14-10-12-19(2)11-6-5-9-16(19)17(14)18;/h3-4,7-8,16H,5-6,9-12H2,1-2H3;1H/q+1;/p-1. The highest BCUT2D eigenvalue weighted by Gasteiger charge is 2.43. The molecule has 108 valence electrons. The highest BCUT2D eigenvalue weighted by Crippen LogP contribution is 2.44. The van der Waals surface area contributed by atoms with Crippen LogP contribution in [0.4, 0.5) is 0 Å². The lowest BCUT2D eigenvalue weighted by Crippen LogP contribution is -3.00. The van der Waals surface area contributed by atoms with E-state index in [4.69, 9.17) is 0 Å². The third kappa shape index (κ3) is 1.86. The normalized spacial score (nSPS) is 28.6. The van der Waals surface area contributed by atoms with Crippen molar-refractivity contribution in [1.29, 1.82) is 0 Å². The molecule has 0 N–H and O–H groups in total. The van der Waals surface area contributed by atoms with E-state index in [1.54, 1.807) is 11.3 Å². The van der Waals surface area contributed by atoms with Gasteiger partial charge in [-0.3, -0.25) is 0 Å². The van der Waals surface area contributed by atoms with E-state index in [0.29, 0.717) is 0 Å². The fraction of sp³-hybridized carbons (Fsp3) is 0.529. The number of rotatable bonds is 0. The third-order valence-electron chi connectivity index (χ3n) is 5.60. The fourth-order valence-electron chi connectivity index (χ4n) is 4.52. The van der Waals surface area contributed by atoms with Gasteiger partial charge in [0.1, 0.15) is 6.04 Å². The molecule has 1 saturated heterocycles. The van der Waals surface area contributed by atoms with E-state index in [0.717, 1.165) is 6.04 Å². The lowest BCUT2D eigenvalue weighted by atomic mass is 9.88. The maximum absolute atomic E-state index is 2.48. The molecule has 20 heavy (non-hydrogen) atoms. The molecule has 2 aliphatic heterocycles. The maximum Gasteiger partial charge on any atom is 0.130 e. The first-order chi connectivity index (χ1) is 9.21. The molecule has 1 aromatic carbocycles. The summed E-state index contributed by atoms with van der Waals surface area (Å²) in [5.74, 6) is 0. The summed E-state index contributed by atoms with van der Waals surface area (Å²) >= 11 is 0. The average molecular weight is 382 g/mol. The zero-order chi connectivity index (χ0) is 13.0. The minimum absolute atomic E-state index is 0. The molecule has 3 heteroatoms. The van der Waals surface area contributed by atoms with Gasteiger partial charge >= 0.3 is 0 Å². The fourth-order valence-corrected chi connectivity index (χ4v) is 4.52. The van der Waals surface area contributed by atoms with Gasteiger partial charge in [-0.15, -0.1) is 0 Å². The molecule has 0 bridgehead atoms. The monoisotopic (exact) mass is 382 g/mol. The van der Waals surface area contributed by atoms with Crippen molar-refractivity contribution in [1.82, 2.24) is 4.57 Å². The molecule has 2 nitrogen and oxygen atoms in total. The van der Waals surface area contributed by atoms with E-state index in [9.17, 15) is 0 Å². The van der Waals surface area contributed by atoms with Crippen molar-refractivity contribution in [2.45, 2.75) is 31.7 Å². The number of piperidine rings is 1. The summed E-state index contributed by atoms with van der Waals surface area (Å²) in [5.41, 5.74) is 4.70. The number of halogens is 1. The zero-order valence-electron chi connectivity index (χ0n) is 12.4. The van der Waals surface area contributed by atoms with Crippen molar-refractivity contribution >= 4 is 10.9 Å². The second kappa shape index (κ2) is 5.02. The number of hydrogen-bond donors (Lipinski definition) is 0. The van der Waals surface area contributed by atoms with Crippen LogP contribution in [0.3, 0.4) is 0 Å². The van der Waals surface area contributed by atoms with E-state index >= 15 is 0 Å². The Morgan fingerprint density at radius 1 is 1.15 bits per heavy atom. The molecule has 0 aliphatic carbocycles. The smallest absolute Gasteiger partial charge is 0.130 e. The first-order valence-corrected chi connectivity index (χ1v) is 7.61. The van der Waals surface area contributed by atoms with Crippen molar-refractivity contribution in [3.8, 4) is 0 Å². The van der Waals surface area contributed by atoms with Gasteiger partial charge in [-0.2, -0.15) is 0 Å². The quantitative estimate of drug-likeness (QED) is 0.460. The van der Waals surface area contributed by atoms with Gasteiger partial charge in [-0.05, 0) is 24.5 Å². The van der Waals surface area contributed by atoms with Gasteiger partial charge in [0.05, 0.1) is 25.8 Å². The lowest BCUT2D eigenvalue weighted by Gasteiger charge is -2.48. The van der Waals surface area contributed by atoms with E-state index in [-0.39, 0.29) is 24.0 Å². The van der Waals surface area contributed by atoms with Crippen LogP contribution in [0.2, 0.25) is 0 Å².